The van der Waals surface area contributed by atoms with Crippen LogP contribution in [0.3, 0.4) is 0 Å². The number of hydrogen-bond donors (Lipinski definition) is 1. The molecule has 13 nitrogen and oxygen atoms in total. The van der Waals surface area contributed by atoms with E-state index >= 15 is 0 Å². The molecule has 1 heterocycles. The van der Waals surface area contributed by atoms with Gasteiger partial charge in [-0.25, -0.2) is 4.18 Å². The van der Waals surface area contributed by atoms with Crippen molar-refractivity contribution in [2.75, 3.05) is 6.61 Å². The van der Waals surface area contributed by atoms with Crippen molar-refractivity contribution in [1.29, 1.82) is 0 Å². The topological polar surface area (TPSA) is 178 Å². The van der Waals surface area contributed by atoms with Gasteiger partial charge in [-0.15, -0.1) is 0 Å². The molecule has 1 aliphatic rings. The Balaban J connectivity index is 3.33. The number of esters is 4. The highest BCUT2D eigenvalue weighted by Crippen LogP contribution is 2.30. The second-order valence-corrected chi connectivity index (χ2v) is 6.68. The fourth-order valence-electron chi connectivity index (χ4n) is 2.40. The monoisotopic (exact) mass is 428 g/mol. The summed E-state index contributed by atoms with van der Waals surface area (Å²) < 4.78 is 60.0. The van der Waals surface area contributed by atoms with E-state index in [4.69, 9.17) is 28.2 Å². The largest absolute Gasteiger partial charge is 0.456 e. The Hall–Kier alpha value is -2.29. The lowest BCUT2D eigenvalue weighted by molar-refractivity contribution is -0.298. The normalized spacial score (nSPS) is 27.4. The molecule has 0 bridgehead atoms. The van der Waals surface area contributed by atoms with Crippen LogP contribution in [0, 0.1) is 0 Å². The van der Waals surface area contributed by atoms with E-state index in [0.717, 1.165) is 27.7 Å². The first kappa shape index (κ1) is 23.7. The number of carbonyl (C=O) groups excluding carboxylic acids is 4. The van der Waals surface area contributed by atoms with E-state index < -0.39 is 71.6 Å². The first-order chi connectivity index (χ1) is 12.8. The Morgan fingerprint density at radius 3 is 1.64 bits per heavy atom. The van der Waals surface area contributed by atoms with Crippen LogP contribution in [0.5, 0.6) is 0 Å². The second kappa shape index (κ2) is 9.77. The van der Waals surface area contributed by atoms with Crippen LogP contribution in [-0.2, 0) is 57.4 Å². The number of carbonyl (C=O) groups is 4. The second-order valence-electron chi connectivity index (χ2n) is 5.59. The summed E-state index contributed by atoms with van der Waals surface area (Å²) in [7, 11) is -4.91. The van der Waals surface area contributed by atoms with Crippen molar-refractivity contribution < 1.29 is 60.0 Å². The van der Waals surface area contributed by atoms with Crippen molar-refractivity contribution >= 4 is 34.3 Å². The van der Waals surface area contributed by atoms with Gasteiger partial charge in [-0.1, -0.05) is 0 Å². The third kappa shape index (κ3) is 7.75. The standard InChI is InChI=1S/C14H20O13S/c1-6(15)23-11-10(5-22-28(19,20)21)27-14(26-9(4)18)13(25-8(3)17)12(11)24-7(2)16/h10-14H,5H2,1-4H3,(H,19,20,21)/t10-,11-,12+,13+,14+/m1/s1. The van der Waals surface area contributed by atoms with E-state index in [-0.39, 0.29) is 0 Å². The molecule has 1 aliphatic heterocycles. The SMILES string of the molecule is CC(=O)O[C@H]1O[C@H](COS(=O)(=O)O)[C@@H](OC(C)=O)[C@H](OC(C)=O)[C@@H]1OC(C)=O. The lowest BCUT2D eigenvalue weighted by Crippen LogP contribution is -2.63. The van der Waals surface area contributed by atoms with Crippen molar-refractivity contribution in [2.24, 2.45) is 0 Å². The highest BCUT2D eigenvalue weighted by atomic mass is 32.3. The van der Waals surface area contributed by atoms with Gasteiger partial charge in [0, 0.05) is 27.7 Å². The van der Waals surface area contributed by atoms with Gasteiger partial charge in [-0.05, 0) is 0 Å². The minimum Gasteiger partial charge on any atom is -0.456 e. The van der Waals surface area contributed by atoms with Crippen LogP contribution in [0.4, 0.5) is 0 Å². The molecule has 1 saturated heterocycles. The molecular formula is C14H20O13S. The summed E-state index contributed by atoms with van der Waals surface area (Å²) in [6.07, 6.45) is -7.77. The van der Waals surface area contributed by atoms with Gasteiger partial charge in [-0.2, -0.15) is 8.42 Å². The fraction of sp³-hybridized carbons (Fsp3) is 0.714. The van der Waals surface area contributed by atoms with Crippen molar-refractivity contribution in [3.63, 3.8) is 0 Å². The predicted molar refractivity (Wildman–Crippen MR) is 84.6 cm³/mol. The maximum Gasteiger partial charge on any atom is 0.397 e. The van der Waals surface area contributed by atoms with Crippen LogP contribution in [0.15, 0.2) is 0 Å². The van der Waals surface area contributed by atoms with Crippen molar-refractivity contribution in [3.05, 3.63) is 0 Å². The summed E-state index contributed by atoms with van der Waals surface area (Å²) in [6.45, 7) is 3.14. The highest BCUT2D eigenvalue weighted by Gasteiger charge is 2.53. The van der Waals surface area contributed by atoms with Gasteiger partial charge in [-0.3, -0.25) is 23.7 Å². The smallest absolute Gasteiger partial charge is 0.397 e. The molecule has 5 atom stereocenters. The van der Waals surface area contributed by atoms with Gasteiger partial charge >= 0.3 is 34.3 Å². The molecule has 0 aromatic carbocycles. The van der Waals surface area contributed by atoms with E-state index in [1.165, 1.54) is 0 Å². The summed E-state index contributed by atoms with van der Waals surface area (Å²) in [4.78, 5) is 45.8. The third-order valence-electron chi connectivity index (χ3n) is 3.16. The zero-order valence-corrected chi connectivity index (χ0v) is 16.2. The molecule has 160 valence electrons. The molecular weight excluding hydrogens is 408 g/mol. The third-order valence-corrected chi connectivity index (χ3v) is 3.59. The van der Waals surface area contributed by atoms with Crippen molar-refractivity contribution in [1.82, 2.24) is 0 Å². The van der Waals surface area contributed by atoms with Crippen molar-refractivity contribution in [3.8, 4) is 0 Å². The molecule has 0 aromatic heterocycles. The molecule has 0 spiro atoms. The molecule has 0 amide bonds. The lowest BCUT2D eigenvalue weighted by Gasteiger charge is -2.43. The van der Waals surface area contributed by atoms with Gasteiger partial charge in [0.15, 0.2) is 12.2 Å². The summed E-state index contributed by atoms with van der Waals surface area (Å²) in [6, 6.07) is 0. The molecule has 14 heteroatoms. The maximum absolute atomic E-state index is 11.5. The van der Waals surface area contributed by atoms with Crippen LogP contribution in [0.1, 0.15) is 27.7 Å². The molecule has 0 radical (unpaired) electrons. The Kier molecular flexibility index (Phi) is 8.29. The first-order valence-electron chi connectivity index (χ1n) is 7.76. The highest BCUT2D eigenvalue weighted by molar-refractivity contribution is 7.80. The minimum absolute atomic E-state index is 0.864. The average molecular weight is 428 g/mol. The molecule has 28 heavy (non-hydrogen) atoms. The molecule has 0 aromatic rings. The first-order valence-corrected chi connectivity index (χ1v) is 9.13. The van der Waals surface area contributed by atoms with Gasteiger partial charge in [0.2, 0.25) is 12.4 Å². The Morgan fingerprint density at radius 1 is 0.786 bits per heavy atom. The van der Waals surface area contributed by atoms with Crippen LogP contribution < -0.4 is 0 Å². The van der Waals surface area contributed by atoms with Gasteiger partial charge < -0.3 is 23.7 Å². The number of hydrogen-bond acceptors (Lipinski definition) is 12. The predicted octanol–water partition coefficient (Wildman–Crippen LogP) is -1.11. The van der Waals surface area contributed by atoms with E-state index in [2.05, 4.69) is 4.18 Å². The van der Waals surface area contributed by atoms with Crippen LogP contribution in [-0.4, -0.2) is 74.2 Å². The van der Waals surface area contributed by atoms with Crippen LogP contribution in [0.2, 0.25) is 0 Å². The minimum atomic E-state index is -4.91. The van der Waals surface area contributed by atoms with Crippen LogP contribution >= 0.6 is 0 Å². The van der Waals surface area contributed by atoms with Gasteiger partial charge in [0.25, 0.3) is 0 Å². The van der Waals surface area contributed by atoms with E-state index in [1.54, 1.807) is 0 Å². The summed E-state index contributed by atoms with van der Waals surface area (Å²) in [5.41, 5.74) is 0. The molecule has 0 unspecified atom stereocenters. The Bertz CT molecular complexity index is 715. The molecule has 0 saturated carbocycles. The summed E-state index contributed by atoms with van der Waals surface area (Å²) in [5.74, 6) is -3.49. The quantitative estimate of drug-likeness (QED) is 0.293. The Labute approximate surface area is 160 Å². The van der Waals surface area contributed by atoms with Crippen LogP contribution in [0.25, 0.3) is 0 Å². The van der Waals surface area contributed by atoms with E-state index in [0.29, 0.717) is 0 Å². The maximum atomic E-state index is 11.5. The molecule has 1 fully saturated rings. The summed E-state index contributed by atoms with van der Waals surface area (Å²) in [5, 5.41) is 0. The van der Waals surface area contributed by atoms with Gasteiger partial charge in [0.1, 0.15) is 6.10 Å². The number of rotatable bonds is 7. The Morgan fingerprint density at radius 2 is 1.21 bits per heavy atom. The average Bonchev–Trinajstić information content (AvgIpc) is 2.48. The zero-order chi connectivity index (χ0) is 21.6. The number of ether oxygens (including phenoxy) is 5. The summed E-state index contributed by atoms with van der Waals surface area (Å²) >= 11 is 0. The van der Waals surface area contributed by atoms with Crippen molar-refractivity contribution in [2.45, 2.75) is 58.4 Å². The lowest BCUT2D eigenvalue weighted by atomic mass is 9.98. The van der Waals surface area contributed by atoms with E-state index in [1.807, 2.05) is 0 Å². The zero-order valence-electron chi connectivity index (χ0n) is 15.3. The fourth-order valence-corrected chi connectivity index (χ4v) is 2.71. The van der Waals surface area contributed by atoms with E-state index in [9.17, 15) is 27.6 Å². The van der Waals surface area contributed by atoms with Gasteiger partial charge in [0.05, 0.1) is 6.61 Å². The molecule has 1 rings (SSSR count). The molecule has 0 aliphatic carbocycles. The molecule has 1 N–H and O–H groups in total.